The lowest BCUT2D eigenvalue weighted by molar-refractivity contribution is 0.0602. The lowest BCUT2D eigenvalue weighted by atomic mass is 10.1. The number of carbonyl (C=O) groups is 2. The Labute approximate surface area is 162 Å². The van der Waals surface area contributed by atoms with Crippen LogP contribution in [0.5, 0.6) is 0 Å². The van der Waals surface area contributed by atoms with Crippen LogP contribution in [0.1, 0.15) is 26.4 Å². The quantitative estimate of drug-likeness (QED) is 0.615. The number of benzene rings is 2. The largest absolute Gasteiger partial charge is 0.465 e. The first-order chi connectivity index (χ1) is 13.7. The third-order valence-electron chi connectivity index (χ3n) is 4.04. The van der Waals surface area contributed by atoms with E-state index in [2.05, 4.69) is 33.0 Å². The molecule has 0 spiro atoms. The maximum Gasteiger partial charge on any atom is 0.339 e. The molecule has 3 rings (SSSR count). The van der Waals surface area contributed by atoms with Gasteiger partial charge in [0, 0.05) is 6.54 Å². The van der Waals surface area contributed by atoms with Crippen molar-refractivity contribution in [2.75, 3.05) is 24.3 Å². The van der Waals surface area contributed by atoms with Crippen LogP contribution in [0, 0.1) is 0 Å². The molecule has 3 aromatic rings. The second-order valence-electron chi connectivity index (χ2n) is 5.96. The molecule has 7 nitrogen and oxygen atoms in total. The molecule has 0 aliphatic carbocycles. The van der Waals surface area contributed by atoms with Crippen LogP contribution in [0.2, 0.25) is 0 Å². The summed E-state index contributed by atoms with van der Waals surface area (Å²) in [6.45, 7) is 0.705. The maximum atomic E-state index is 12.4. The number of methoxy groups -OCH3 is 1. The zero-order valence-corrected chi connectivity index (χ0v) is 15.4. The minimum atomic E-state index is -0.528. The van der Waals surface area contributed by atoms with Gasteiger partial charge in [0.2, 0.25) is 0 Å². The van der Waals surface area contributed by atoms with E-state index in [1.807, 2.05) is 18.2 Å². The number of ether oxygens (including phenoxy) is 1. The molecular weight excluding hydrogens is 356 g/mol. The Balaban J connectivity index is 1.59. The van der Waals surface area contributed by atoms with Gasteiger partial charge < -0.3 is 15.4 Å². The van der Waals surface area contributed by atoms with E-state index in [9.17, 15) is 9.59 Å². The first-order valence-electron chi connectivity index (χ1n) is 8.77. The molecule has 1 amide bonds. The number of hydrogen-bond donors (Lipinski definition) is 2. The molecule has 142 valence electrons. The average Bonchev–Trinajstić information content (AvgIpc) is 2.75. The summed E-state index contributed by atoms with van der Waals surface area (Å²) in [5.41, 5.74) is 1.99. The number of carbonyl (C=O) groups excluding carboxylic acids is 2. The molecule has 2 aromatic carbocycles. The molecule has 0 atom stereocenters. The lowest BCUT2D eigenvalue weighted by Crippen LogP contribution is -2.17. The SMILES string of the molecule is COC(=O)c1ccccc1NC(=O)c1ccc(NCCc2ccccc2)nn1. The summed E-state index contributed by atoms with van der Waals surface area (Å²) >= 11 is 0. The molecule has 7 heteroatoms. The average molecular weight is 376 g/mol. The van der Waals surface area contributed by atoms with Crippen LogP contribution in [0.25, 0.3) is 0 Å². The number of nitrogens with one attached hydrogen (secondary N) is 2. The van der Waals surface area contributed by atoms with Gasteiger partial charge in [-0.25, -0.2) is 4.79 Å². The van der Waals surface area contributed by atoms with Crippen molar-refractivity contribution in [1.29, 1.82) is 0 Å². The maximum absolute atomic E-state index is 12.4. The van der Waals surface area contributed by atoms with E-state index in [-0.39, 0.29) is 11.3 Å². The van der Waals surface area contributed by atoms with Crippen LogP contribution >= 0.6 is 0 Å². The summed E-state index contributed by atoms with van der Waals surface area (Å²) < 4.78 is 4.72. The predicted octanol–water partition coefficient (Wildman–Crippen LogP) is 3.17. The second-order valence-corrected chi connectivity index (χ2v) is 5.96. The highest BCUT2D eigenvalue weighted by molar-refractivity contribution is 6.07. The van der Waals surface area contributed by atoms with Gasteiger partial charge in [-0.1, -0.05) is 42.5 Å². The minimum Gasteiger partial charge on any atom is -0.465 e. The topological polar surface area (TPSA) is 93.2 Å². The standard InChI is InChI=1S/C21H20N4O3/c1-28-21(27)16-9-5-6-10-17(16)23-20(26)18-11-12-19(25-24-18)22-14-13-15-7-3-2-4-8-15/h2-12H,13-14H2,1H3,(H,22,25)(H,23,26). The first kappa shape index (κ1) is 19.0. The molecule has 0 radical (unpaired) electrons. The summed E-state index contributed by atoms with van der Waals surface area (Å²) in [6.07, 6.45) is 0.856. The molecule has 0 unspecified atom stereocenters. The van der Waals surface area contributed by atoms with Crippen LogP contribution in [-0.2, 0) is 11.2 Å². The van der Waals surface area contributed by atoms with Crippen molar-refractivity contribution in [2.24, 2.45) is 0 Å². The summed E-state index contributed by atoms with van der Waals surface area (Å²) in [5, 5.41) is 13.8. The van der Waals surface area contributed by atoms with Crippen LogP contribution in [0.3, 0.4) is 0 Å². The van der Waals surface area contributed by atoms with Gasteiger partial charge >= 0.3 is 5.97 Å². The molecule has 0 bridgehead atoms. The van der Waals surface area contributed by atoms with E-state index < -0.39 is 11.9 Å². The fourth-order valence-electron chi connectivity index (χ4n) is 2.59. The molecule has 0 fully saturated rings. The number of aromatic nitrogens is 2. The van der Waals surface area contributed by atoms with E-state index in [1.54, 1.807) is 36.4 Å². The summed E-state index contributed by atoms with van der Waals surface area (Å²) in [6, 6.07) is 20.0. The van der Waals surface area contributed by atoms with Crippen LogP contribution < -0.4 is 10.6 Å². The predicted molar refractivity (Wildman–Crippen MR) is 106 cm³/mol. The van der Waals surface area contributed by atoms with E-state index in [0.717, 1.165) is 6.42 Å². The second kappa shape index (κ2) is 9.27. The Bertz CT molecular complexity index is 943. The number of nitrogens with zero attached hydrogens (tertiary/aromatic N) is 2. The molecule has 0 saturated carbocycles. The number of rotatable bonds is 7. The molecule has 1 heterocycles. The molecule has 28 heavy (non-hydrogen) atoms. The molecule has 0 aliphatic rings. The van der Waals surface area contributed by atoms with Crippen LogP contribution in [-0.4, -0.2) is 35.7 Å². The lowest BCUT2D eigenvalue weighted by Gasteiger charge is -2.09. The highest BCUT2D eigenvalue weighted by Gasteiger charge is 2.15. The molecular formula is C21H20N4O3. The number of para-hydroxylation sites is 1. The van der Waals surface area contributed by atoms with Gasteiger partial charge in [-0.3, -0.25) is 4.79 Å². The molecule has 2 N–H and O–H groups in total. The molecule has 1 aromatic heterocycles. The summed E-state index contributed by atoms with van der Waals surface area (Å²) in [4.78, 5) is 24.2. The molecule has 0 aliphatic heterocycles. The van der Waals surface area contributed by atoms with Gasteiger partial charge in [0.05, 0.1) is 18.4 Å². The smallest absolute Gasteiger partial charge is 0.339 e. The van der Waals surface area contributed by atoms with Crippen molar-refractivity contribution in [3.8, 4) is 0 Å². The Morgan fingerprint density at radius 1 is 0.929 bits per heavy atom. The van der Waals surface area contributed by atoms with Gasteiger partial charge in [0.25, 0.3) is 5.91 Å². The van der Waals surface area contributed by atoms with Crippen molar-refractivity contribution in [3.05, 3.63) is 83.6 Å². The number of anilines is 2. The highest BCUT2D eigenvalue weighted by Crippen LogP contribution is 2.17. The van der Waals surface area contributed by atoms with Gasteiger partial charge in [-0.15, -0.1) is 10.2 Å². The van der Waals surface area contributed by atoms with Crippen molar-refractivity contribution in [3.63, 3.8) is 0 Å². The van der Waals surface area contributed by atoms with Gasteiger partial charge in [0.15, 0.2) is 5.69 Å². The Kier molecular flexibility index (Phi) is 6.30. The van der Waals surface area contributed by atoms with E-state index >= 15 is 0 Å². The highest BCUT2D eigenvalue weighted by atomic mass is 16.5. The van der Waals surface area contributed by atoms with Crippen LogP contribution in [0.4, 0.5) is 11.5 Å². The van der Waals surface area contributed by atoms with E-state index in [0.29, 0.717) is 18.1 Å². The molecule has 0 saturated heterocycles. The number of esters is 1. The fourth-order valence-corrected chi connectivity index (χ4v) is 2.59. The van der Waals surface area contributed by atoms with Gasteiger partial charge in [0.1, 0.15) is 5.82 Å². The van der Waals surface area contributed by atoms with Crippen molar-refractivity contribution >= 4 is 23.4 Å². The number of hydrogen-bond acceptors (Lipinski definition) is 6. The van der Waals surface area contributed by atoms with Crippen molar-refractivity contribution < 1.29 is 14.3 Å². The monoisotopic (exact) mass is 376 g/mol. The van der Waals surface area contributed by atoms with E-state index in [1.165, 1.54) is 12.7 Å². The first-order valence-corrected chi connectivity index (χ1v) is 8.77. The zero-order valence-electron chi connectivity index (χ0n) is 15.4. The normalized spacial score (nSPS) is 10.2. The number of amides is 1. The van der Waals surface area contributed by atoms with Crippen molar-refractivity contribution in [1.82, 2.24) is 10.2 Å². The fraction of sp³-hybridized carbons (Fsp3) is 0.143. The van der Waals surface area contributed by atoms with Gasteiger partial charge in [-0.2, -0.15) is 0 Å². The Hall–Kier alpha value is -3.74. The minimum absolute atomic E-state index is 0.147. The Morgan fingerprint density at radius 3 is 2.39 bits per heavy atom. The summed E-state index contributed by atoms with van der Waals surface area (Å²) in [7, 11) is 1.29. The van der Waals surface area contributed by atoms with Crippen molar-refractivity contribution in [2.45, 2.75) is 6.42 Å². The third-order valence-corrected chi connectivity index (χ3v) is 4.04. The Morgan fingerprint density at radius 2 is 1.68 bits per heavy atom. The van der Waals surface area contributed by atoms with Crippen LogP contribution in [0.15, 0.2) is 66.7 Å². The third kappa shape index (κ3) is 4.91. The summed E-state index contributed by atoms with van der Waals surface area (Å²) in [5.74, 6) is -0.401. The zero-order chi connectivity index (χ0) is 19.8. The van der Waals surface area contributed by atoms with E-state index in [4.69, 9.17) is 4.74 Å². The van der Waals surface area contributed by atoms with Gasteiger partial charge in [-0.05, 0) is 36.2 Å².